The van der Waals surface area contributed by atoms with Crippen molar-refractivity contribution in [3.05, 3.63) is 40.9 Å². The van der Waals surface area contributed by atoms with Gasteiger partial charge in [-0.25, -0.2) is 14.6 Å². The number of cyclic esters (lactones) is 2. The van der Waals surface area contributed by atoms with E-state index in [9.17, 15) is 9.59 Å². The van der Waals surface area contributed by atoms with E-state index in [1.165, 1.54) is 28.4 Å². The Hall–Kier alpha value is -3.11. The predicted octanol–water partition coefficient (Wildman–Crippen LogP) is 4.29. The summed E-state index contributed by atoms with van der Waals surface area (Å²) in [5.41, 5.74) is 2.40. The smallest absolute Gasteiger partial charge is 0.372 e. The standard InChI is InChI=1S/C20H21N5O3S2/c1-3-25(4-2)13-7-5-12(6-8-13)21-11-22-19-24-17-16(30-19)10-14(29-17)9-15-18(26)28-20(27)23-15/h5-10,21H,3-4,11H2,1-2H3,(H,22,24)(H,23,27)/b15-9+. The lowest BCUT2D eigenvalue weighted by atomic mass is 10.2. The van der Waals surface area contributed by atoms with Crippen molar-refractivity contribution in [2.24, 2.45) is 0 Å². The van der Waals surface area contributed by atoms with E-state index in [2.05, 4.69) is 68.7 Å². The van der Waals surface area contributed by atoms with Crippen LogP contribution in [0.5, 0.6) is 0 Å². The van der Waals surface area contributed by atoms with Crippen LogP contribution in [0.4, 0.5) is 21.3 Å². The first-order valence-electron chi connectivity index (χ1n) is 9.53. The van der Waals surface area contributed by atoms with Gasteiger partial charge in [-0.05, 0) is 50.3 Å². The monoisotopic (exact) mass is 443 g/mol. The van der Waals surface area contributed by atoms with Crippen molar-refractivity contribution in [2.45, 2.75) is 13.8 Å². The number of anilines is 3. The maximum atomic E-state index is 11.5. The SMILES string of the molecule is CCN(CC)c1ccc(NCNc2nc3sc(/C=C4/NC(=O)OC4=O)cc3s2)cc1. The van der Waals surface area contributed by atoms with Gasteiger partial charge in [0.25, 0.3) is 0 Å². The lowest BCUT2D eigenvalue weighted by Gasteiger charge is -2.21. The highest BCUT2D eigenvalue weighted by atomic mass is 32.1. The summed E-state index contributed by atoms with van der Waals surface area (Å²) in [6.07, 6.45) is 0.854. The first-order valence-corrected chi connectivity index (χ1v) is 11.2. The molecule has 1 saturated heterocycles. The number of aromatic nitrogens is 1. The zero-order chi connectivity index (χ0) is 21.1. The molecule has 0 saturated carbocycles. The first kappa shape index (κ1) is 20.2. The van der Waals surface area contributed by atoms with Gasteiger partial charge < -0.3 is 20.3 Å². The molecule has 156 valence electrons. The lowest BCUT2D eigenvalue weighted by molar-refractivity contribution is -0.130. The predicted molar refractivity (Wildman–Crippen MR) is 122 cm³/mol. The van der Waals surface area contributed by atoms with Crippen LogP contribution in [-0.2, 0) is 9.53 Å². The molecule has 0 radical (unpaired) electrons. The van der Waals surface area contributed by atoms with Crippen molar-refractivity contribution in [3.63, 3.8) is 0 Å². The van der Waals surface area contributed by atoms with Gasteiger partial charge in [-0.2, -0.15) is 0 Å². The van der Waals surface area contributed by atoms with Gasteiger partial charge in [0.1, 0.15) is 10.5 Å². The summed E-state index contributed by atoms with van der Waals surface area (Å²) in [6, 6.07) is 10.3. The Morgan fingerprint density at radius 2 is 1.90 bits per heavy atom. The number of alkyl carbamates (subject to hydrolysis) is 1. The van der Waals surface area contributed by atoms with Crippen LogP contribution in [0.15, 0.2) is 36.0 Å². The second-order valence-electron chi connectivity index (χ2n) is 6.45. The average molecular weight is 444 g/mol. The van der Waals surface area contributed by atoms with Gasteiger partial charge in [0.05, 0.1) is 11.4 Å². The quantitative estimate of drug-likeness (QED) is 0.207. The van der Waals surface area contributed by atoms with Gasteiger partial charge in [0.2, 0.25) is 0 Å². The first-order chi connectivity index (χ1) is 14.6. The van der Waals surface area contributed by atoms with Crippen LogP contribution in [0.2, 0.25) is 0 Å². The Bertz CT molecular complexity index is 1070. The maximum absolute atomic E-state index is 11.5. The van der Waals surface area contributed by atoms with Crippen molar-refractivity contribution >= 4 is 66.8 Å². The summed E-state index contributed by atoms with van der Waals surface area (Å²) >= 11 is 2.98. The van der Waals surface area contributed by atoms with Crippen LogP contribution >= 0.6 is 22.7 Å². The Morgan fingerprint density at radius 3 is 2.53 bits per heavy atom. The van der Waals surface area contributed by atoms with Crippen molar-refractivity contribution in [2.75, 3.05) is 35.3 Å². The maximum Gasteiger partial charge on any atom is 0.419 e. The molecular formula is C20H21N5O3S2. The molecule has 3 heterocycles. The number of hydrogen-bond donors (Lipinski definition) is 3. The molecule has 2 aromatic heterocycles. The topological polar surface area (TPSA) is 95.6 Å². The van der Waals surface area contributed by atoms with E-state index in [-0.39, 0.29) is 5.70 Å². The average Bonchev–Trinajstić information content (AvgIpc) is 3.37. The van der Waals surface area contributed by atoms with Crippen molar-refractivity contribution in [1.82, 2.24) is 10.3 Å². The number of rotatable bonds is 8. The van der Waals surface area contributed by atoms with Crippen molar-refractivity contribution in [3.8, 4) is 0 Å². The van der Waals surface area contributed by atoms with Crippen molar-refractivity contribution in [1.29, 1.82) is 0 Å². The van der Waals surface area contributed by atoms with Crippen molar-refractivity contribution < 1.29 is 14.3 Å². The van der Waals surface area contributed by atoms with Crippen LogP contribution in [0.1, 0.15) is 18.7 Å². The Balaban J connectivity index is 1.34. The van der Waals surface area contributed by atoms with Gasteiger partial charge in [-0.1, -0.05) is 11.3 Å². The zero-order valence-electron chi connectivity index (χ0n) is 16.5. The third-order valence-corrected chi connectivity index (χ3v) is 6.63. The van der Waals surface area contributed by atoms with Crippen LogP contribution in [0.3, 0.4) is 0 Å². The fraction of sp³-hybridized carbons (Fsp3) is 0.250. The number of nitrogens with zero attached hydrogens (tertiary/aromatic N) is 2. The highest BCUT2D eigenvalue weighted by Crippen LogP contribution is 2.34. The molecule has 0 unspecified atom stereocenters. The number of amides is 1. The summed E-state index contributed by atoms with van der Waals surface area (Å²) in [5.74, 6) is -0.664. The number of nitrogens with one attached hydrogen (secondary N) is 3. The third kappa shape index (κ3) is 4.39. The molecule has 1 aliphatic heterocycles. The number of hydrogen-bond acceptors (Lipinski definition) is 9. The van der Waals surface area contributed by atoms with E-state index >= 15 is 0 Å². The number of benzene rings is 1. The summed E-state index contributed by atoms with van der Waals surface area (Å²) in [4.78, 5) is 31.2. The molecular weight excluding hydrogens is 422 g/mol. The van der Waals surface area contributed by atoms with E-state index in [1.807, 2.05) is 6.07 Å². The largest absolute Gasteiger partial charge is 0.419 e. The van der Waals surface area contributed by atoms with E-state index in [0.717, 1.165) is 38.3 Å². The normalized spacial score (nSPS) is 14.8. The number of carbonyl (C=O) groups excluding carboxylic acids is 2. The molecule has 1 aliphatic rings. The highest BCUT2D eigenvalue weighted by molar-refractivity contribution is 7.29. The Kier molecular flexibility index (Phi) is 5.86. The Morgan fingerprint density at radius 1 is 1.13 bits per heavy atom. The number of thiazole rings is 1. The summed E-state index contributed by atoms with van der Waals surface area (Å²) in [6.45, 7) is 6.84. The van der Waals surface area contributed by atoms with E-state index in [4.69, 9.17) is 0 Å². The third-order valence-electron chi connectivity index (χ3n) is 4.57. The second-order valence-corrected chi connectivity index (χ2v) is 8.54. The van der Waals surface area contributed by atoms with Gasteiger partial charge in [-0.15, -0.1) is 11.3 Å². The Labute approximate surface area is 181 Å². The fourth-order valence-corrected chi connectivity index (χ4v) is 5.13. The second kappa shape index (κ2) is 8.72. The molecule has 3 aromatic rings. The minimum absolute atomic E-state index is 0.142. The minimum atomic E-state index is -0.746. The van der Waals surface area contributed by atoms with Crippen LogP contribution in [0, 0.1) is 0 Å². The molecule has 0 atom stereocenters. The summed E-state index contributed by atoms with van der Waals surface area (Å²) in [5, 5.41) is 9.81. The molecule has 1 aromatic carbocycles. The minimum Gasteiger partial charge on any atom is -0.372 e. The molecule has 1 amide bonds. The summed E-state index contributed by atoms with van der Waals surface area (Å²) < 4.78 is 5.46. The molecule has 1 fully saturated rings. The molecule has 0 spiro atoms. The van der Waals surface area contributed by atoms with E-state index in [1.54, 1.807) is 6.08 Å². The fourth-order valence-electron chi connectivity index (χ4n) is 3.06. The van der Waals surface area contributed by atoms with Gasteiger partial charge >= 0.3 is 12.1 Å². The van der Waals surface area contributed by atoms with Crippen LogP contribution < -0.4 is 20.9 Å². The lowest BCUT2D eigenvalue weighted by Crippen LogP contribution is -2.21. The van der Waals surface area contributed by atoms with E-state index < -0.39 is 12.1 Å². The van der Waals surface area contributed by atoms with E-state index in [0.29, 0.717) is 6.67 Å². The number of fused-ring (bicyclic) bond motifs is 1. The highest BCUT2D eigenvalue weighted by Gasteiger charge is 2.26. The zero-order valence-corrected chi connectivity index (χ0v) is 18.2. The molecule has 0 bridgehead atoms. The number of esters is 1. The van der Waals surface area contributed by atoms with Crippen LogP contribution in [-0.4, -0.2) is 36.8 Å². The number of carbonyl (C=O) groups is 2. The molecule has 8 nitrogen and oxygen atoms in total. The molecule has 10 heteroatoms. The van der Waals surface area contributed by atoms with Gasteiger partial charge in [-0.3, -0.25) is 5.32 Å². The molecule has 30 heavy (non-hydrogen) atoms. The molecule has 4 rings (SSSR count). The summed E-state index contributed by atoms with van der Waals surface area (Å²) in [7, 11) is 0. The molecule has 3 N–H and O–H groups in total. The number of thiophene rings is 1. The number of ether oxygens (including phenoxy) is 1. The van der Waals surface area contributed by atoms with Crippen LogP contribution in [0.25, 0.3) is 15.6 Å². The van der Waals surface area contributed by atoms with Gasteiger partial charge in [0.15, 0.2) is 5.13 Å². The molecule has 0 aliphatic carbocycles. The van der Waals surface area contributed by atoms with Gasteiger partial charge in [0, 0.05) is 29.3 Å².